The number of sulfone groups is 1. The van der Waals surface area contributed by atoms with Crippen molar-refractivity contribution in [2.24, 2.45) is 24.8 Å². The molecule has 0 radical (unpaired) electrons. The molecule has 2 aromatic heterocycles. The Morgan fingerprint density at radius 3 is 2.31 bits per heavy atom. The summed E-state index contributed by atoms with van der Waals surface area (Å²) in [6, 6.07) is 22.5. The third-order valence-electron chi connectivity index (χ3n) is 11.3. The number of alkyl carbamates (subject to hydrolysis) is 1. The molecule has 11 heteroatoms. The van der Waals surface area contributed by atoms with Crippen LogP contribution in [0.2, 0.25) is 0 Å². The number of benzene rings is 2. The van der Waals surface area contributed by atoms with Crippen LogP contribution in [-0.2, 0) is 33.6 Å². The Labute approximate surface area is 290 Å². The molecule has 49 heavy (non-hydrogen) atoms. The highest BCUT2D eigenvalue weighted by Gasteiger charge is 2.53. The molecular formula is C38H48N6O4S. The molecule has 0 bridgehead atoms. The van der Waals surface area contributed by atoms with Gasteiger partial charge >= 0.3 is 6.09 Å². The number of aryl methyl sites for hydroxylation is 1. The quantitative estimate of drug-likeness (QED) is 0.227. The highest BCUT2D eigenvalue weighted by molar-refractivity contribution is 7.91. The number of hydrogen-bond acceptors (Lipinski definition) is 7. The van der Waals surface area contributed by atoms with Crippen molar-refractivity contribution in [2.45, 2.75) is 60.0 Å². The van der Waals surface area contributed by atoms with Crippen molar-refractivity contribution in [3.8, 4) is 0 Å². The van der Waals surface area contributed by atoms with Gasteiger partial charge < -0.3 is 24.4 Å². The Bertz CT molecular complexity index is 1800. The van der Waals surface area contributed by atoms with Crippen molar-refractivity contribution in [2.75, 3.05) is 44.7 Å². The van der Waals surface area contributed by atoms with Crippen molar-refractivity contribution in [3.63, 3.8) is 0 Å². The first-order chi connectivity index (χ1) is 23.8. The van der Waals surface area contributed by atoms with Crippen molar-refractivity contribution in [3.05, 3.63) is 97.1 Å². The fraction of sp³-hybridized carbons (Fsp3) is 0.474. The average molecular weight is 685 g/mol. The summed E-state index contributed by atoms with van der Waals surface area (Å²) in [5.74, 6) is 1.26. The van der Waals surface area contributed by atoms with E-state index in [-0.39, 0.29) is 33.3 Å². The number of likely N-dealkylation sites (tertiary alicyclic amines) is 1. The van der Waals surface area contributed by atoms with Crippen LogP contribution in [0.25, 0.3) is 0 Å². The number of amides is 1. The number of hydrogen-bond donors (Lipinski definition) is 1. The molecule has 2 aliphatic heterocycles. The fourth-order valence-electron chi connectivity index (χ4n) is 8.87. The van der Waals surface area contributed by atoms with Crippen LogP contribution in [0.4, 0.5) is 10.5 Å². The number of nitrogens with zero attached hydrogens (tertiary/aromatic N) is 5. The van der Waals surface area contributed by atoms with Gasteiger partial charge in [0.15, 0.2) is 0 Å². The summed E-state index contributed by atoms with van der Waals surface area (Å²) in [4.78, 5) is 18.0. The smallest absolute Gasteiger partial charge is 0.407 e. The molecule has 3 atom stereocenters. The molecule has 1 N–H and O–H groups in total. The van der Waals surface area contributed by atoms with E-state index in [2.05, 4.69) is 79.6 Å². The number of piperidine rings is 1. The second kappa shape index (κ2) is 14.0. The molecule has 4 aromatic rings. The van der Waals surface area contributed by atoms with E-state index >= 15 is 0 Å². The first kappa shape index (κ1) is 33.4. The largest absolute Gasteiger partial charge is 0.446 e. The molecular weight excluding hydrogens is 637 g/mol. The number of ether oxygens (including phenoxy) is 1. The van der Waals surface area contributed by atoms with Crippen molar-refractivity contribution >= 4 is 21.6 Å². The van der Waals surface area contributed by atoms with E-state index < -0.39 is 9.84 Å². The standard InChI is InChI=1S/C38H48N6O4S/c1-39-37(45)48-36-12-8-11-35(36)38(28-43-19-6-7-20-43,30-9-4-3-5-10-30)31-17-21-42(22-18-31)24-29-25-44(26-29)32-13-15-33(16-14-32)49(46,47)34-23-40-41(2)27-34/h3-7,9-10,13-16,19-20,23,27,29,31,35-36H,8,11-12,17-18,21-22,24-26,28H2,1-2H3,(H,39,45)/t35-,36-,38?/m0/s1. The zero-order valence-corrected chi connectivity index (χ0v) is 29.3. The lowest BCUT2D eigenvalue weighted by molar-refractivity contribution is 0.00209. The first-order valence-electron chi connectivity index (χ1n) is 17.6. The summed E-state index contributed by atoms with van der Waals surface area (Å²) in [5, 5.41) is 6.71. The van der Waals surface area contributed by atoms with Crippen LogP contribution >= 0.6 is 0 Å². The molecule has 2 saturated heterocycles. The van der Waals surface area contributed by atoms with E-state index in [1.165, 1.54) is 22.6 Å². The minimum Gasteiger partial charge on any atom is -0.446 e. The van der Waals surface area contributed by atoms with Gasteiger partial charge in [-0.2, -0.15) is 5.10 Å². The van der Waals surface area contributed by atoms with Crippen molar-refractivity contribution in [1.82, 2.24) is 24.6 Å². The highest BCUT2D eigenvalue weighted by Crippen LogP contribution is 2.52. The Hall–Kier alpha value is -4.09. The van der Waals surface area contributed by atoms with E-state index in [0.717, 1.165) is 77.1 Å². The first-order valence-corrected chi connectivity index (χ1v) is 19.1. The van der Waals surface area contributed by atoms with Gasteiger partial charge in [0.2, 0.25) is 9.84 Å². The molecule has 3 fully saturated rings. The number of aromatic nitrogens is 3. The summed E-state index contributed by atoms with van der Waals surface area (Å²) < 4.78 is 35.9. The van der Waals surface area contributed by atoms with Gasteiger partial charge in [0, 0.05) is 81.8 Å². The summed E-state index contributed by atoms with van der Waals surface area (Å²) >= 11 is 0. The molecule has 3 aliphatic rings. The normalized spacial score (nSPS) is 22.0. The minimum atomic E-state index is -3.58. The number of carbonyl (C=O) groups excluding carboxylic acids is 1. The SMILES string of the molecule is CNC(=O)O[C@H]1CCC[C@@H]1C(Cn1cccc1)(c1ccccc1)C1CCN(CC2CN(c3ccc(S(=O)(=O)c4cnn(C)c4)cc3)C2)CC1. The lowest BCUT2D eigenvalue weighted by atomic mass is 9.58. The Kier molecular flexibility index (Phi) is 9.57. The topological polar surface area (TPSA) is 102 Å². The molecule has 10 nitrogen and oxygen atoms in total. The van der Waals surface area contributed by atoms with E-state index in [4.69, 9.17) is 4.74 Å². The van der Waals surface area contributed by atoms with Gasteiger partial charge in [-0.25, -0.2) is 13.2 Å². The second-order valence-electron chi connectivity index (χ2n) is 14.2. The lowest BCUT2D eigenvalue weighted by Crippen LogP contribution is -2.55. The maximum atomic E-state index is 13.0. The maximum Gasteiger partial charge on any atom is 0.407 e. The summed E-state index contributed by atoms with van der Waals surface area (Å²) in [7, 11) is -0.223. The van der Waals surface area contributed by atoms with Crippen molar-refractivity contribution < 1.29 is 17.9 Å². The average Bonchev–Trinajstić information content (AvgIpc) is 3.89. The van der Waals surface area contributed by atoms with Gasteiger partial charge in [0.1, 0.15) is 11.0 Å². The molecule has 260 valence electrons. The third kappa shape index (κ3) is 6.75. The van der Waals surface area contributed by atoms with Gasteiger partial charge in [-0.1, -0.05) is 30.3 Å². The van der Waals surface area contributed by atoms with Crippen LogP contribution < -0.4 is 10.2 Å². The lowest BCUT2D eigenvalue weighted by Gasteiger charge is -2.51. The zero-order chi connectivity index (χ0) is 34.0. The van der Waals surface area contributed by atoms with Gasteiger partial charge in [-0.05, 0) is 93.1 Å². The maximum absolute atomic E-state index is 13.0. The zero-order valence-electron chi connectivity index (χ0n) is 28.5. The molecule has 2 aromatic carbocycles. The van der Waals surface area contributed by atoms with Crippen LogP contribution in [0.3, 0.4) is 0 Å². The van der Waals surface area contributed by atoms with E-state index in [1.54, 1.807) is 26.2 Å². The monoisotopic (exact) mass is 684 g/mol. The predicted octanol–water partition coefficient (Wildman–Crippen LogP) is 5.37. The number of anilines is 1. The summed E-state index contributed by atoms with van der Waals surface area (Å²) in [5.41, 5.74) is 2.25. The Morgan fingerprint density at radius 1 is 0.939 bits per heavy atom. The predicted molar refractivity (Wildman–Crippen MR) is 189 cm³/mol. The van der Waals surface area contributed by atoms with Crippen LogP contribution in [0.5, 0.6) is 0 Å². The number of nitrogens with one attached hydrogen (secondary N) is 1. The van der Waals surface area contributed by atoms with E-state index in [9.17, 15) is 13.2 Å². The van der Waals surface area contributed by atoms with Gasteiger partial charge in [0.05, 0.1) is 11.1 Å². The van der Waals surface area contributed by atoms with E-state index in [1.807, 2.05) is 12.1 Å². The van der Waals surface area contributed by atoms with E-state index in [0.29, 0.717) is 11.8 Å². The highest BCUT2D eigenvalue weighted by atomic mass is 32.2. The molecule has 1 saturated carbocycles. The van der Waals surface area contributed by atoms with Crippen LogP contribution in [0.1, 0.15) is 37.7 Å². The van der Waals surface area contributed by atoms with Gasteiger partial charge in [-0.3, -0.25) is 4.68 Å². The minimum absolute atomic E-state index is 0.112. The van der Waals surface area contributed by atoms with Gasteiger partial charge in [0.25, 0.3) is 0 Å². The molecule has 1 aliphatic carbocycles. The number of rotatable bonds is 11. The van der Waals surface area contributed by atoms with Crippen molar-refractivity contribution in [1.29, 1.82) is 0 Å². The molecule has 7 rings (SSSR count). The number of carbonyl (C=O) groups is 1. The Morgan fingerprint density at radius 2 is 1.65 bits per heavy atom. The molecule has 1 unspecified atom stereocenters. The summed E-state index contributed by atoms with van der Waals surface area (Å²) in [6.07, 6.45) is 12.0. The van der Waals surface area contributed by atoms with Crippen LogP contribution in [0, 0.1) is 17.8 Å². The fourth-order valence-corrected chi connectivity index (χ4v) is 10.1. The summed E-state index contributed by atoms with van der Waals surface area (Å²) in [6.45, 7) is 5.98. The molecule has 1 amide bonds. The molecule has 0 spiro atoms. The molecule has 4 heterocycles. The van der Waals surface area contributed by atoms with Gasteiger partial charge in [-0.15, -0.1) is 0 Å². The second-order valence-corrected chi connectivity index (χ2v) is 16.1. The third-order valence-corrected chi connectivity index (χ3v) is 13.0. The van der Waals surface area contributed by atoms with Crippen LogP contribution in [0.15, 0.2) is 101 Å². The Balaban J connectivity index is 1.02. The van der Waals surface area contributed by atoms with Crippen LogP contribution in [-0.4, -0.2) is 79.6 Å².